The summed E-state index contributed by atoms with van der Waals surface area (Å²) in [4.78, 5) is 2.54. The monoisotopic (exact) mass is 321 g/mol. The molecule has 5 nitrogen and oxygen atoms in total. The number of rotatable bonds is 5. The number of likely N-dealkylation sites (tertiary alicyclic amines) is 1. The van der Waals surface area contributed by atoms with Crippen molar-refractivity contribution in [2.75, 3.05) is 19.6 Å². The van der Waals surface area contributed by atoms with Crippen LogP contribution in [0.4, 0.5) is 0 Å². The summed E-state index contributed by atoms with van der Waals surface area (Å²) in [5.74, 6) is 0.673. The molecule has 6 heteroatoms. The predicted octanol–water partition coefficient (Wildman–Crippen LogP) is 1.96. The summed E-state index contributed by atoms with van der Waals surface area (Å²) < 4.78 is 27.2. The van der Waals surface area contributed by atoms with Crippen molar-refractivity contribution in [3.8, 4) is 6.07 Å². The van der Waals surface area contributed by atoms with Crippen LogP contribution in [-0.2, 0) is 10.0 Å². The molecule has 1 aliphatic rings. The van der Waals surface area contributed by atoms with Crippen molar-refractivity contribution in [2.24, 2.45) is 5.92 Å². The zero-order valence-electron chi connectivity index (χ0n) is 13.1. The molecule has 1 saturated heterocycles. The van der Waals surface area contributed by atoms with Crippen molar-refractivity contribution in [3.05, 3.63) is 29.8 Å². The molecular weight excluding hydrogens is 298 g/mol. The lowest BCUT2D eigenvalue weighted by Crippen LogP contribution is -2.46. The molecule has 1 fully saturated rings. The van der Waals surface area contributed by atoms with Crippen LogP contribution in [0.15, 0.2) is 29.2 Å². The summed E-state index contributed by atoms with van der Waals surface area (Å²) >= 11 is 0. The lowest BCUT2D eigenvalue weighted by Gasteiger charge is -2.35. The molecule has 0 spiro atoms. The van der Waals surface area contributed by atoms with E-state index in [0.717, 1.165) is 13.1 Å². The minimum Gasteiger partial charge on any atom is -0.299 e. The molecule has 0 amide bonds. The molecule has 0 aromatic heterocycles. The second kappa shape index (κ2) is 7.23. The Hall–Kier alpha value is -1.42. The Morgan fingerprint density at radius 1 is 1.41 bits per heavy atom. The predicted molar refractivity (Wildman–Crippen MR) is 85.8 cm³/mol. The van der Waals surface area contributed by atoms with E-state index in [9.17, 15) is 8.42 Å². The maximum absolute atomic E-state index is 12.3. The minimum atomic E-state index is -3.52. The van der Waals surface area contributed by atoms with Gasteiger partial charge in [0, 0.05) is 19.1 Å². The average molecular weight is 321 g/mol. The molecule has 0 saturated carbocycles. The van der Waals surface area contributed by atoms with Gasteiger partial charge in [-0.2, -0.15) is 5.26 Å². The maximum Gasteiger partial charge on any atom is 0.240 e. The van der Waals surface area contributed by atoms with Crippen LogP contribution in [0.5, 0.6) is 0 Å². The van der Waals surface area contributed by atoms with Crippen molar-refractivity contribution in [1.82, 2.24) is 9.62 Å². The fourth-order valence-corrected chi connectivity index (χ4v) is 3.90. The third-order valence-electron chi connectivity index (χ3n) is 4.17. The third kappa shape index (κ3) is 4.29. The van der Waals surface area contributed by atoms with Gasteiger partial charge in [-0.1, -0.05) is 6.92 Å². The fraction of sp³-hybridized carbons (Fsp3) is 0.562. The Labute approximate surface area is 133 Å². The molecular formula is C16H23N3O2S. The highest BCUT2D eigenvalue weighted by Gasteiger charge is 2.22. The molecule has 22 heavy (non-hydrogen) atoms. The Balaban J connectivity index is 1.95. The SMILES string of the molecule is CC1CCCN(C(C)CNS(=O)(=O)c2ccc(C#N)cc2)C1. The highest BCUT2D eigenvalue weighted by atomic mass is 32.2. The second-order valence-corrected chi connectivity index (χ2v) is 7.85. The van der Waals surface area contributed by atoms with Gasteiger partial charge in [-0.3, -0.25) is 4.90 Å². The molecule has 120 valence electrons. The number of sulfonamides is 1. The number of benzene rings is 1. The van der Waals surface area contributed by atoms with Crippen LogP contribution in [0, 0.1) is 17.2 Å². The number of piperidine rings is 1. The van der Waals surface area contributed by atoms with Gasteiger partial charge < -0.3 is 0 Å². The van der Waals surface area contributed by atoms with Gasteiger partial charge in [0.25, 0.3) is 0 Å². The standard InChI is InChI=1S/C16H23N3O2S/c1-13-4-3-9-19(12-13)14(2)11-18-22(20,21)16-7-5-15(10-17)6-8-16/h5-8,13-14,18H,3-4,9,11-12H2,1-2H3. The third-order valence-corrected chi connectivity index (χ3v) is 5.61. The molecule has 1 heterocycles. The van der Waals surface area contributed by atoms with Gasteiger partial charge in [0.05, 0.1) is 16.5 Å². The van der Waals surface area contributed by atoms with E-state index in [1.54, 1.807) is 0 Å². The zero-order chi connectivity index (χ0) is 16.2. The minimum absolute atomic E-state index is 0.177. The van der Waals surface area contributed by atoms with Crippen molar-refractivity contribution < 1.29 is 8.42 Å². The topological polar surface area (TPSA) is 73.2 Å². The number of nitriles is 1. The molecule has 0 radical (unpaired) electrons. The lowest BCUT2D eigenvalue weighted by atomic mass is 9.99. The Morgan fingerprint density at radius 2 is 2.09 bits per heavy atom. The molecule has 2 unspecified atom stereocenters. The molecule has 2 rings (SSSR count). The first-order chi connectivity index (χ1) is 10.4. The van der Waals surface area contributed by atoms with Crippen LogP contribution in [0.1, 0.15) is 32.3 Å². The van der Waals surface area contributed by atoms with E-state index in [1.165, 1.54) is 37.1 Å². The summed E-state index contributed by atoms with van der Waals surface area (Å²) in [5.41, 5.74) is 0.453. The summed E-state index contributed by atoms with van der Waals surface area (Å²) in [6.45, 7) is 6.75. The maximum atomic E-state index is 12.3. The normalized spacial score (nSPS) is 21.2. The van der Waals surface area contributed by atoms with E-state index in [2.05, 4.69) is 23.5 Å². The average Bonchev–Trinajstić information content (AvgIpc) is 2.52. The number of nitrogens with one attached hydrogen (secondary N) is 1. The van der Waals surface area contributed by atoms with Crippen molar-refractivity contribution in [1.29, 1.82) is 5.26 Å². The summed E-state index contributed by atoms with van der Waals surface area (Å²) in [5, 5.41) is 8.75. The van der Waals surface area contributed by atoms with E-state index in [1.807, 2.05) is 6.07 Å². The molecule has 2 atom stereocenters. The van der Waals surface area contributed by atoms with E-state index >= 15 is 0 Å². The van der Waals surface area contributed by atoms with Gasteiger partial charge in [-0.05, 0) is 56.5 Å². The smallest absolute Gasteiger partial charge is 0.240 e. The van der Waals surface area contributed by atoms with Crippen molar-refractivity contribution in [3.63, 3.8) is 0 Å². The van der Waals surface area contributed by atoms with Gasteiger partial charge in [0.1, 0.15) is 0 Å². The van der Waals surface area contributed by atoms with Crippen LogP contribution in [0.25, 0.3) is 0 Å². The fourth-order valence-electron chi connectivity index (χ4n) is 2.78. The van der Waals surface area contributed by atoms with Gasteiger partial charge in [-0.25, -0.2) is 13.1 Å². The zero-order valence-corrected chi connectivity index (χ0v) is 13.9. The molecule has 1 N–H and O–H groups in total. The first-order valence-electron chi connectivity index (χ1n) is 7.66. The molecule has 0 aliphatic carbocycles. The van der Waals surface area contributed by atoms with Gasteiger partial charge in [-0.15, -0.1) is 0 Å². The highest BCUT2D eigenvalue weighted by molar-refractivity contribution is 7.89. The number of hydrogen-bond acceptors (Lipinski definition) is 4. The molecule has 1 aromatic rings. The number of nitrogens with zero attached hydrogens (tertiary/aromatic N) is 2. The van der Waals surface area contributed by atoms with E-state index in [0.29, 0.717) is 18.0 Å². The van der Waals surface area contributed by atoms with Crippen LogP contribution in [0.2, 0.25) is 0 Å². The highest BCUT2D eigenvalue weighted by Crippen LogP contribution is 2.17. The molecule has 1 aliphatic heterocycles. The lowest BCUT2D eigenvalue weighted by molar-refractivity contribution is 0.140. The van der Waals surface area contributed by atoms with Crippen molar-refractivity contribution in [2.45, 2.75) is 37.6 Å². The Bertz CT molecular complexity index is 634. The molecule has 1 aromatic carbocycles. The van der Waals surface area contributed by atoms with Crippen LogP contribution in [0.3, 0.4) is 0 Å². The number of hydrogen-bond donors (Lipinski definition) is 1. The van der Waals surface area contributed by atoms with Crippen molar-refractivity contribution >= 4 is 10.0 Å². The first-order valence-corrected chi connectivity index (χ1v) is 9.14. The first kappa shape index (κ1) is 16.9. The van der Waals surface area contributed by atoms with E-state index in [4.69, 9.17) is 5.26 Å². The van der Waals surface area contributed by atoms with Crippen LogP contribution >= 0.6 is 0 Å². The summed E-state index contributed by atoms with van der Waals surface area (Å²) in [6.07, 6.45) is 2.42. The van der Waals surface area contributed by atoms with E-state index in [-0.39, 0.29) is 10.9 Å². The summed E-state index contributed by atoms with van der Waals surface area (Å²) in [6, 6.07) is 8.13. The summed E-state index contributed by atoms with van der Waals surface area (Å²) in [7, 11) is -3.52. The largest absolute Gasteiger partial charge is 0.299 e. The second-order valence-electron chi connectivity index (χ2n) is 6.08. The van der Waals surface area contributed by atoms with E-state index < -0.39 is 10.0 Å². The van der Waals surface area contributed by atoms with Gasteiger partial charge in [0.2, 0.25) is 10.0 Å². The van der Waals surface area contributed by atoms with Crippen LogP contribution in [-0.4, -0.2) is 39.0 Å². The van der Waals surface area contributed by atoms with Crippen LogP contribution < -0.4 is 4.72 Å². The Morgan fingerprint density at radius 3 is 2.68 bits per heavy atom. The van der Waals surface area contributed by atoms with Gasteiger partial charge in [0.15, 0.2) is 0 Å². The molecule has 0 bridgehead atoms. The van der Waals surface area contributed by atoms with Gasteiger partial charge >= 0.3 is 0 Å². The quantitative estimate of drug-likeness (QED) is 0.900. The Kier molecular flexibility index (Phi) is 5.57.